The number of rotatable bonds is 9. The van der Waals surface area contributed by atoms with Gasteiger partial charge in [0, 0.05) is 15.8 Å². The van der Waals surface area contributed by atoms with E-state index in [-0.39, 0.29) is 11.8 Å². The molecule has 0 bridgehead atoms. The lowest BCUT2D eigenvalue weighted by molar-refractivity contribution is -0.123. The lowest BCUT2D eigenvalue weighted by atomic mass is 9.91. The van der Waals surface area contributed by atoms with Crippen LogP contribution in [-0.2, 0) is 4.79 Å². The summed E-state index contributed by atoms with van der Waals surface area (Å²) in [5, 5.41) is 29.2. The lowest BCUT2D eigenvalue weighted by Crippen LogP contribution is -2.51. The largest absolute Gasteiger partial charge is 0.496 e. The van der Waals surface area contributed by atoms with Crippen LogP contribution in [0.3, 0.4) is 0 Å². The van der Waals surface area contributed by atoms with E-state index in [9.17, 15) is 20.0 Å². The van der Waals surface area contributed by atoms with E-state index in [0.717, 1.165) is 47.6 Å². The third kappa shape index (κ3) is 5.90. The summed E-state index contributed by atoms with van der Waals surface area (Å²) in [5.74, 6) is 0.149. The number of aliphatic hydroxyl groups is 1. The van der Waals surface area contributed by atoms with Gasteiger partial charge in [-0.05, 0) is 56.3 Å². The summed E-state index contributed by atoms with van der Waals surface area (Å²) in [6, 6.07) is 6.04. The maximum atomic E-state index is 13.1. The molecule has 1 aromatic carbocycles. The molecule has 4 rings (SSSR count). The second kappa shape index (κ2) is 10.8. The minimum atomic E-state index is -0.745. The molecule has 34 heavy (non-hydrogen) atoms. The third-order valence-electron chi connectivity index (χ3n) is 6.58. The molecule has 4 atom stereocenters. The Hall–Kier alpha value is -2.61. The zero-order valence-electron chi connectivity index (χ0n) is 19.1. The molecule has 2 heterocycles. The van der Waals surface area contributed by atoms with E-state index in [2.05, 4.69) is 42.9 Å². The molecular weight excluding hydrogens is 502 g/mol. The molecule has 2 aromatic rings. The molecule has 10 heteroatoms. The van der Waals surface area contributed by atoms with E-state index in [1.165, 1.54) is 0 Å². The normalized spacial score (nSPS) is 21.9. The number of fused-ring (bicyclic) bond motifs is 1. The van der Waals surface area contributed by atoms with Crippen LogP contribution in [0.15, 0.2) is 22.7 Å². The highest BCUT2D eigenvalue weighted by Crippen LogP contribution is 2.34. The molecule has 0 radical (unpaired) electrons. The van der Waals surface area contributed by atoms with Crippen LogP contribution in [0.1, 0.15) is 49.0 Å². The number of nitriles is 1. The summed E-state index contributed by atoms with van der Waals surface area (Å²) < 4.78 is 6.23. The molecule has 182 valence electrons. The van der Waals surface area contributed by atoms with Crippen LogP contribution in [0.25, 0.3) is 10.9 Å². The van der Waals surface area contributed by atoms with Crippen molar-refractivity contribution < 1.29 is 19.4 Å². The van der Waals surface area contributed by atoms with Gasteiger partial charge in [0.1, 0.15) is 29.8 Å². The molecule has 9 nitrogen and oxygen atoms in total. The summed E-state index contributed by atoms with van der Waals surface area (Å²) >= 11 is 3.43. The predicted octanol–water partition coefficient (Wildman–Crippen LogP) is 2.55. The van der Waals surface area contributed by atoms with Gasteiger partial charge < -0.3 is 25.5 Å². The van der Waals surface area contributed by atoms with E-state index in [4.69, 9.17) is 4.74 Å². The number of ether oxygens (including phenoxy) is 1. The molecular formula is C24H30BrN5O4. The van der Waals surface area contributed by atoms with Gasteiger partial charge in [0.2, 0.25) is 5.91 Å². The molecule has 1 aliphatic carbocycles. The highest BCUT2D eigenvalue weighted by atomic mass is 79.9. The van der Waals surface area contributed by atoms with Crippen LogP contribution in [0.4, 0.5) is 0 Å². The minimum Gasteiger partial charge on any atom is -0.496 e. The Balaban J connectivity index is 1.45. The van der Waals surface area contributed by atoms with Gasteiger partial charge in [-0.3, -0.25) is 14.9 Å². The maximum Gasteiger partial charge on any atom is 0.268 e. The van der Waals surface area contributed by atoms with Crippen LogP contribution >= 0.6 is 15.9 Å². The molecule has 4 unspecified atom stereocenters. The quantitative estimate of drug-likeness (QED) is 0.337. The summed E-state index contributed by atoms with van der Waals surface area (Å²) in [7, 11) is 1.57. The predicted molar refractivity (Wildman–Crippen MR) is 130 cm³/mol. The van der Waals surface area contributed by atoms with Crippen molar-refractivity contribution in [3.8, 4) is 11.8 Å². The molecule has 2 fully saturated rings. The number of hydrogen-bond donors (Lipinski definition) is 5. The molecule has 1 aliphatic heterocycles. The molecule has 2 aliphatic rings. The van der Waals surface area contributed by atoms with E-state index >= 15 is 0 Å². The Morgan fingerprint density at radius 1 is 1.26 bits per heavy atom. The number of amides is 2. The molecule has 5 N–H and O–H groups in total. The number of benzene rings is 1. The number of methoxy groups -OCH3 is 1. The number of aromatic nitrogens is 1. The van der Waals surface area contributed by atoms with Crippen molar-refractivity contribution in [2.45, 2.75) is 56.8 Å². The molecule has 0 spiro atoms. The molecule has 1 aromatic heterocycles. The standard InChI is InChI=1S/C24H30BrN5O4/c1-34-21-10-15(25)9-18-17(21)11-20(29-18)24(33)30-19(7-13-4-5-13)23(32)28-16(12-26)8-14-3-2-6-27-22(14)31/h9-11,13-14,16,19,22,27,29,31H,2-8H2,1H3,(H,28,32)(H,30,33). The van der Waals surface area contributed by atoms with Crippen molar-refractivity contribution in [2.75, 3.05) is 13.7 Å². The first-order valence-electron chi connectivity index (χ1n) is 11.7. The van der Waals surface area contributed by atoms with Gasteiger partial charge in [-0.2, -0.15) is 5.26 Å². The SMILES string of the molecule is COc1cc(Br)cc2[nH]c(C(=O)NC(CC3CC3)C(=O)NC(C#N)CC3CCCNC3O)cc12. The molecule has 1 saturated carbocycles. The molecule has 2 amide bonds. The van der Waals surface area contributed by atoms with Gasteiger partial charge in [0.05, 0.1) is 18.7 Å². The number of aliphatic hydroxyl groups excluding tert-OH is 1. The number of piperidine rings is 1. The summed E-state index contributed by atoms with van der Waals surface area (Å²) in [4.78, 5) is 29.2. The van der Waals surface area contributed by atoms with Gasteiger partial charge in [-0.15, -0.1) is 0 Å². The monoisotopic (exact) mass is 531 g/mol. The Kier molecular flexibility index (Phi) is 7.76. The van der Waals surface area contributed by atoms with E-state index < -0.39 is 24.2 Å². The fraction of sp³-hybridized carbons (Fsp3) is 0.542. The third-order valence-corrected chi connectivity index (χ3v) is 7.04. The van der Waals surface area contributed by atoms with Crippen LogP contribution in [0.2, 0.25) is 0 Å². The number of carbonyl (C=O) groups excluding carboxylic acids is 2. The average Bonchev–Trinajstić information content (AvgIpc) is 3.54. The van der Waals surface area contributed by atoms with Crippen molar-refractivity contribution in [1.82, 2.24) is 20.9 Å². The van der Waals surface area contributed by atoms with Crippen molar-refractivity contribution in [2.24, 2.45) is 11.8 Å². The number of nitrogens with one attached hydrogen (secondary N) is 4. The molecule has 1 saturated heterocycles. The maximum absolute atomic E-state index is 13.1. The zero-order chi connectivity index (χ0) is 24.2. The topological polar surface area (TPSA) is 139 Å². The van der Waals surface area contributed by atoms with Gasteiger partial charge >= 0.3 is 0 Å². The number of carbonyl (C=O) groups is 2. The van der Waals surface area contributed by atoms with E-state index in [1.54, 1.807) is 13.2 Å². The average molecular weight is 532 g/mol. The Labute approximate surface area is 206 Å². The van der Waals surface area contributed by atoms with E-state index in [0.29, 0.717) is 30.2 Å². The number of H-pyrrole nitrogens is 1. The fourth-order valence-corrected chi connectivity index (χ4v) is 4.96. The van der Waals surface area contributed by atoms with Crippen molar-refractivity contribution in [3.63, 3.8) is 0 Å². The summed E-state index contributed by atoms with van der Waals surface area (Å²) in [5.41, 5.74) is 1.07. The van der Waals surface area contributed by atoms with Crippen LogP contribution < -0.4 is 20.7 Å². The smallest absolute Gasteiger partial charge is 0.268 e. The first-order valence-corrected chi connectivity index (χ1v) is 12.5. The Morgan fingerprint density at radius 2 is 2.06 bits per heavy atom. The van der Waals surface area contributed by atoms with Gasteiger partial charge in [-0.25, -0.2) is 0 Å². The number of nitrogens with zero attached hydrogens (tertiary/aromatic N) is 1. The van der Waals surface area contributed by atoms with Gasteiger partial charge in [-0.1, -0.05) is 28.8 Å². The van der Waals surface area contributed by atoms with Crippen LogP contribution in [0, 0.1) is 23.2 Å². The number of halogens is 1. The van der Waals surface area contributed by atoms with Gasteiger partial charge in [0.15, 0.2) is 0 Å². The van der Waals surface area contributed by atoms with Crippen molar-refractivity contribution in [1.29, 1.82) is 5.26 Å². The second-order valence-corrected chi connectivity index (χ2v) is 10.1. The summed E-state index contributed by atoms with van der Waals surface area (Å²) in [6.07, 6.45) is 3.97. The number of hydrogen-bond acceptors (Lipinski definition) is 6. The highest BCUT2D eigenvalue weighted by molar-refractivity contribution is 9.10. The van der Waals surface area contributed by atoms with Crippen molar-refractivity contribution in [3.05, 3.63) is 28.4 Å². The first kappa shape index (κ1) is 24.5. The zero-order valence-corrected chi connectivity index (χ0v) is 20.7. The fourth-order valence-electron chi connectivity index (χ4n) is 4.52. The Bertz CT molecular complexity index is 1090. The lowest BCUT2D eigenvalue weighted by Gasteiger charge is -2.30. The van der Waals surface area contributed by atoms with Crippen LogP contribution in [-0.4, -0.2) is 53.9 Å². The van der Waals surface area contributed by atoms with Crippen LogP contribution in [0.5, 0.6) is 5.75 Å². The second-order valence-electron chi connectivity index (χ2n) is 9.18. The minimum absolute atomic E-state index is 0.101. The first-order chi connectivity index (χ1) is 16.4. The van der Waals surface area contributed by atoms with E-state index in [1.807, 2.05) is 12.1 Å². The highest BCUT2D eigenvalue weighted by Gasteiger charge is 2.33. The van der Waals surface area contributed by atoms with Gasteiger partial charge in [0.25, 0.3) is 5.91 Å². The Morgan fingerprint density at radius 3 is 2.74 bits per heavy atom. The summed E-state index contributed by atoms with van der Waals surface area (Å²) in [6.45, 7) is 0.743. The van der Waals surface area contributed by atoms with Crippen molar-refractivity contribution >= 4 is 38.6 Å². The number of aromatic amines is 1.